The van der Waals surface area contributed by atoms with Crippen LogP contribution in [0.3, 0.4) is 0 Å². The quantitative estimate of drug-likeness (QED) is 0.662. The van der Waals surface area contributed by atoms with Gasteiger partial charge in [0, 0.05) is 6.07 Å². The fourth-order valence-electron chi connectivity index (χ4n) is 1.55. The molecule has 2 aromatic carbocycles. The Morgan fingerprint density at radius 2 is 1.68 bits per heavy atom. The standard InChI is InChI=1S/C13H11F3N2O/c1-19-7-2-4-10(9(17)6-7)18-11-5-3-8(14)12(15)13(11)16/h2-6,18H,17H2,1H3. The lowest BCUT2D eigenvalue weighted by atomic mass is 10.2. The first-order valence-corrected chi connectivity index (χ1v) is 5.37. The second-order valence-electron chi connectivity index (χ2n) is 3.80. The number of nitrogens with two attached hydrogens (primary N) is 1. The summed E-state index contributed by atoms with van der Waals surface area (Å²) in [5.74, 6) is -3.54. The second kappa shape index (κ2) is 5.09. The lowest BCUT2D eigenvalue weighted by Crippen LogP contribution is -2.01. The number of nitrogen functional groups attached to an aromatic ring is 1. The molecule has 0 aliphatic carbocycles. The Kier molecular flexibility index (Phi) is 3.50. The Bertz CT molecular complexity index is 617. The van der Waals surface area contributed by atoms with E-state index >= 15 is 0 Å². The normalized spacial score (nSPS) is 10.3. The van der Waals surface area contributed by atoms with Crippen LogP contribution in [0.4, 0.5) is 30.2 Å². The zero-order valence-electron chi connectivity index (χ0n) is 10.0. The molecule has 3 nitrogen and oxygen atoms in total. The van der Waals surface area contributed by atoms with Crippen molar-refractivity contribution in [1.29, 1.82) is 0 Å². The molecule has 0 bridgehead atoms. The molecule has 0 atom stereocenters. The van der Waals surface area contributed by atoms with Crippen LogP contribution in [0.1, 0.15) is 0 Å². The highest BCUT2D eigenvalue weighted by molar-refractivity contribution is 5.74. The molecule has 19 heavy (non-hydrogen) atoms. The summed E-state index contributed by atoms with van der Waals surface area (Å²) in [6, 6.07) is 6.61. The predicted molar refractivity (Wildman–Crippen MR) is 67.0 cm³/mol. The number of hydrogen-bond donors (Lipinski definition) is 2. The first kappa shape index (κ1) is 13.1. The first-order chi connectivity index (χ1) is 9.02. The van der Waals surface area contributed by atoms with Crippen molar-refractivity contribution >= 4 is 17.1 Å². The van der Waals surface area contributed by atoms with Gasteiger partial charge in [0.05, 0.1) is 24.2 Å². The Hall–Kier alpha value is -2.37. The zero-order valence-corrected chi connectivity index (χ0v) is 10.0. The average Bonchev–Trinajstić information content (AvgIpc) is 2.41. The van der Waals surface area contributed by atoms with Gasteiger partial charge in [0.15, 0.2) is 17.5 Å². The third kappa shape index (κ3) is 2.57. The molecule has 0 saturated carbocycles. The number of anilines is 3. The van der Waals surface area contributed by atoms with Crippen molar-refractivity contribution in [3.05, 3.63) is 47.8 Å². The number of nitrogens with one attached hydrogen (secondary N) is 1. The van der Waals surface area contributed by atoms with Crippen molar-refractivity contribution in [3.63, 3.8) is 0 Å². The van der Waals surface area contributed by atoms with E-state index in [9.17, 15) is 13.2 Å². The molecule has 0 aliphatic heterocycles. The van der Waals surface area contributed by atoms with E-state index < -0.39 is 17.5 Å². The number of methoxy groups -OCH3 is 1. The SMILES string of the molecule is COc1ccc(Nc2ccc(F)c(F)c2F)c(N)c1. The van der Waals surface area contributed by atoms with Gasteiger partial charge in [-0.25, -0.2) is 13.2 Å². The first-order valence-electron chi connectivity index (χ1n) is 5.37. The van der Waals surface area contributed by atoms with Gasteiger partial charge in [0.25, 0.3) is 0 Å². The van der Waals surface area contributed by atoms with Gasteiger partial charge in [0.2, 0.25) is 0 Å². The molecule has 0 saturated heterocycles. The fraction of sp³-hybridized carbons (Fsp3) is 0.0769. The summed E-state index contributed by atoms with van der Waals surface area (Å²) in [5, 5.41) is 2.60. The topological polar surface area (TPSA) is 47.3 Å². The van der Waals surface area contributed by atoms with Gasteiger partial charge in [-0.2, -0.15) is 0 Å². The van der Waals surface area contributed by atoms with E-state index in [0.29, 0.717) is 17.1 Å². The molecular formula is C13H11F3N2O. The molecule has 0 amide bonds. The summed E-state index contributed by atoms with van der Waals surface area (Å²) in [7, 11) is 1.48. The fourth-order valence-corrected chi connectivity index (χ4v) is 1.55. The van der Waals surface area contributed by atoms with Crippen LogP contribution < -0.4 is 15.8 Å². The van der Waals surface area contributed by atoms with Crippen molar-refractivity contribution < 1.29 is 17.9 Å². The molecule has 0 aromatic heterocycles. The highest BCUT2D eigenvalue weighted by Crippen LogP contribution is 2.29. The molecule has 0 fully saturated rings. The van der Waals surface area contributed by atoms with Crippen LogP contribution in [0, 0.1) is 17.5 Å². The summed E-state index contributed by atoms with van der Waals surface area (Å²) in [6.07, 6.45) is 0. The van der Waals surface area contributed by atoms with Crippen molar-refractivity contribution in [1.82, 2.24) is 0 Å². The van der Waals surface area contributed by atoms with Crippen molar-refractivity contribution in [3.8, 4) is 5.75 Å². The molecule has 100 valence electrons. The minimum atomic E-state index is -1.53. The molecule has 3 N–H and O–H groups in total. The summed E-state index contributed by atoms with van der Waals surface area (Å²) in [5.41, 5.74) is 6.19. The molecule has 0 unspecified atom stereocenters. The van der Waals surface area contributed by atoms with E-state index in [1.165, 1.54) is 13.2 Å². The van der Waals surface area contributed by atoms with E-state index in [0.717, 1.165) is 12.1 Å². The number of hydrogen-bond acceptors (Lipinski definition) is 3. The Morgan fingerprint density at radius 1 is 1.00 bits per heavy atom. The number of ether oxygens (including phenoxy) is 1. The minimum Gasteiger partial charge on any atom is -0.497 e. The largest absolute Gasteiger partial charge is 0.497 e. The van der Waals surface area contributed by atoms with Crippen molar-refractivity contribution in [2.24, 2.45) is 0 Å². The van der Waals surface area contributed by atoms with Gasteiger partial charge < -0.3 is 15.8 Å². The molecule has 0 heterocycles. The van der Waals surface area contributed by atoms with Crippen LogP contribution in [0.5, 0.6) is 5.75 Å². The maximum absolute atomic E-state index is 13.5. The monoisotopic (exact) mass is 268 g/mol. The lowest BCUT2D eigenvalue weighted by molar-refractivity contribution is 0.415. The lowest BCUT2D eigenvalue weighted by Gasteiger charge is -2.11. The molecule has 0 aliphatic rings. The minimum absolute atomic E-state index is 0.198. The Morgan fingerprint density at radius 3 is 2.32 bits per heavy atom. The molecule has 0 spiro atoms. The zero-order chi connectivity index (χ0) is 14.0. The van der Waals surface area contributed by atoms with Gasteiger partial charge in [-0.15, -0.1) is 0 Å². The summed E-state index contributed by atoms with van der Waals surface area (Å²) < 4.78 is 44.3. The summed E-state index contributed by atoms with van der Waals surface area (Å²) in [6.45, 7) is 0. The Balaban J connectivity index is 2.34. The number of halogens is 3. The highest BCUT2D eigenvalue weighted by Gasteiger charge is 2.14. The second-order valence-corrected chi connectivity index (χ2v) is 3.80. The molecule has 2 aromatic rings. The summed E-state index contributed by atoms with van der Waals surface area (Å²) in [4.78, 5) is 0. The van der Waals surface area contributed by atoms with Gasteiger partial charge in [-0.1, -0.05) is 0 Å². The van der Waals surface area contributed by atoms with E-state index in [4.69, 9.17) is 10.5 Å². The number of benzene rings is 2. The number of rotatable bonds is 3. The van der Waals surface area contributed by atoms with E-state index in [1.54, 1.807) is 12.1 Å². The maximum atomic E-state index is 13.5. The molecular weight excluding hydrogens is 257 g/mol. The van der Waals surface area contributed by atoms with Gasteiger partial charge in [0.1, 0.15) is 5.75 Å². The van der Waals surface area contributed by atoms with Gasteiger partial charge in [-0.3, -0.25) is 0 Å². The van der Waals surface area contributed by atoms with Crippen LogP contribution >= 0.6 is 0 Å². The van der Waals surface area contributed by atoms with Gasteiger partial charge in [-0.05, 0) is 24.3 Å². The third-order valence-electron chi connectivity index (χ3n) is 2.56. The molecule has 0 radical (unpaired) electrons. The molecule has 2 rings (SSSR count). The van der Waals surface area contributed by atoms with Crippen LogP contribution in [-0.4, -0.2) is 7.11 Å². The average molecular weight is 268 g/mol. The van der Waals surface area contributed by atoms with E-state index in [2.05, 4.69) is 5.32 Å². The van der Waals surface area contributed by atoms with E-state index in [-0.39, 0.29) is 5.69 Å². The Labute approximate surface area is 107 Å². The van der Waals surface area contributed by atoms with Crippen LogP contribution in [0.25, 0.3) is 0 Å². The molecule has 6 heteroatoms. The van der Waals surface area contributed by atoms with E-state index in [1.807, 2.05) is 0 Å². The van der Waals surface area contributed by atoms with Crippen LogP contribution in [0.15, 0.2) is 30.3 Å². The van der Waals surface area contributed by atoms with Crippen molar-refractivity contribution in [2.75, 3.05) is 18.2 Å². The van der Waals surface area contributed by atoms with Crippen LogP contribution in [0.2, 0.25) is 0 Å². The third-order valence-corrected chi connectivity index (χ3v) is 2.56. The predicted octanol–water partition coefficient (Wildman–Crippen LogP) is 3.44. The highest BCUT2D eigenvalue weighted by atomic mass is 19.2. The maximum Gasteiger partial charge on any atom is 0.196 e. The smallest absolute Gasteiger partial charge is 0.196 e. The van der Waals surface area contributed by atoms with Crippen molar-refractivity contribution in [2.45, 2.75) is 0 Å². The van der Waals surface area contributed by atoms with Gasteiger partial charge >= 0.3 is 0 Å². The summed E-state index contributed by atoms with van der Waals surface area (Å²) >= 11 is 0. The van der Waals surface area contributed by atoms with Crippen LogP contribution in [-0.2, 0) is 0 Å².